The minimum atomic E-state index is 0.718. The number of nitrogens with zero attached hydrogens (tertiary/aromatic N) is 3. The summed E-state index contributed by atoms with van der Waals surface area (Å²) in [6.07, 6.45) is 4.00. The third-order valence-electron chi connectivity index (χ3n) is 4.02. The molecule has 0 aliphatic carbocycles. The maximum absolute atomic E-state index is 9.49. The fraction of sp³-hybridized carbons (Fsp3) is 0.294. The molecule has 1 aliphatic rings. The summed E-state index contributed by atoms with van der Waals surface area (Å²) >= 11 is 0. The van der Waals surface area contributed by atoms with E-state index in [1.165, 1.54) is 11.3 Å². The lowest BCUT2D eigenvalue weighted by molar-refractivity contribution is 0.744. The Balaban J connectivity index is 2.16. The van der Waals surface area contributed by atoms with E-state index in [9.17, 15) is 5.26 Å². The third kappa shape index (κ3) is 2.43. The van der Waals surface area contributed by atoms with Gasteiger partial charge in [0, 0.05) is 38.1 Å². The van der Waals surface area contributed by atoms with E-state index in [0.717, 1.165) is 41.9 Å². The SMILES string of the molecule is CNc1cc(-c2cc3c(cc2C#N)N(C)CCC3)ccn1. The van der Waals surface area contributed by atoms with Gasteiger partial charge in [0.15, 0.2) is 0 Å². The van der Waals surface area contributed by atoms with Gasteiger partial charge in [0.05, 0.1) is 11.6 Å². The van der Waals surface area contributed by atoms with Crippen LogP contribution in [0.2, 0.25) is 0 Å². The molecule has 4 nitrogen and oxygen atoms in total. The van der Waals surface area contributed by atoms with Crippen LogP contribution in [0.3, 0.4) is 0 Å². The molecule has 0 unspecified atom stereocenters. The normalized spacial score (nSPS) is 13.5. The van der Waals surface area contributed by atoms with Crippen LogP contribution in [0.15, 0.2) is 30.5 Å². The fourth-order valence-corrected chi connectivity index (χ4v) is 2.88. The van der Waals surface area contributed by atoms with E-state index in [0.29, 0.717) is 0 Å². The summed E-state index contributed by atoms with van der Waals surface area (Å²) in [4.78, 5) is 6.47. The topological polar surface area (TPSA) is 52.0 Å². The van der Waals surface area contributed by atoms with E-state index in [1.54, 1.807) is 6.20 Å². The molecule has 0 atom stereocenters. The van der Waals surface area contributed by atoms with E-state index in [-0.39, 0.29) is 0 Å². The molecule has 1 aromatic heterocycles. The molecule has 0 saturated heterocycles. The summed E-state index contributed by atoms with van der Waals surface area (Å²) in [6, 6.07) is 10.5. The Bertz CT molecular complexity index is 715. The Morgan fingerprint density at radius 2 is 2.19 bits per heavy atom. The van der Waals surface area contributed by atoms with Crippen LogP contribution in [0.4, 0.5) is 11.5 Å². The first kappa shape index (κ1) is 13.4. The Morgan fingerprint density at radius 1 is 1.33 bits per heavy atom. The van der Waals surface area contributed by atoms with E-state index < -0.39 is 0 Å². The molecule has 0 fully saturated rings. The van der Waals surface area contributed by atoms with Crippen molar-refractivity contribution in [2.24, 2.45) is 0 Å². The Labute approximate surface area is 125 Å². The monoisotopic (exact) mass is 278 g/mol. The highest BCUT2D eigenvalue weighted by molar-refractivity contribution is 5.77. The molecule has 106 valence electrons. The van der Waals surface area contributed by atoms with Crippen LogP contribution in [0.1, 0.15) is 17.5 Å². The van der Waals surface area contributed by atoms with Crippen LogP contribution in [0, 0.1) is 11.3 Å². The molecule has 3 rings (SSSR count). The van der Waals surface area contributed by atoms with Crippen molar-refractivity contribution in [1.82, 2.24) is 4.98 Å². The minimum absolute atomic E-state index is 0.718. The van der Waals surface area contributed by atoms with Gasteiger partial charge in [-0.25, -0.2) is 4.98 Å². The molecule has 0 bridgehead atoms. The van der Waals surface area contributed by atoms with E-state index in [4.69, 9.17) is 0 Å². The number of aryl methyl sites for hydroxylation is 1. The molecular weight excluding hydrogens is 260 g/mol. The van der Waals surface area contributed by atoms with Crippen molar-refractivity contribution in [3.8, 4) is 17.2 Å². The summed E-state index contributed by atoms with van der Waals surface area (Å²) in [5, 5.41) is 12.5. The van der Waals surface area contributed by atoms with Crippen molar-refractivity contribution >= 4 is 11.5 Å². The van der Waals surface area contributed by atoms with Crippen molar-refractivity contribution < 1.29 is 0 Å². The molecule has 2 heterocycles. The molecule has 0 saturated carbocycles. The lowest BCUT2D eigenvalue weighted by atomic mass is 9.93. The van der Waals surface area contributed by atoms with Crippen molar-refractivity contribution in [3.63, 3.8) is 0 Å². The molecule has 1 aliphatic heterocycles. The summed E-state index contributed by atoms with van der Waals surface area (Å²) in [5.41, 5.74) is 5.24. The van der Waals surface area contributed by atoms with Crippen LogP contribution in [0.5, 0.6) is 0 Å². The van der Waals surface area contributed by atoms with Crippen LogP contribution in [-0.2, 0) is 6.42 Å². The lowest BCUT2D eigenvalue weighted by Gasteiger charge is -2.28. The average molecular weight is 278 g/mol. The number of anilines is 2. The highest BCUT2D eigenvalue weighted by Gasteiger charge is 2.17. The quantitative estimate of drug-likeness (QED) is 0.917. The van der Waals surface area contributed by atoms with Gasteiger partial charge in [-0.15, -0.1) is 0 Å². The third-order valence-corrected chi connectivity index (χ3v) is 4.02. The minimum Gasteiger partial charge on any atom is -0.374 e. The van der Waals surface area contributed by atoms with Gasteiger partial charge in [-0.3, -0.25) is 0 Å². The first-order valence-corrected chi connectivity index (χ1v) is 7.15. The smallest absolute Gasteiger partial charge is 0.126 e. The number of nitriles is 1. The van der Waals surface area contributed by atoms with E-state index in [2.05, 4.69) is 34.4 Å². The highest BCUT2D eigenvalue weighted by Crippen LogP contribution is 2.34. The molecule has 0 spiro atoms. The predicted molar refractivity (Wildman–Crippen MR) is 85.5 cm³/mol. The second-order valence-electron chi connectivity index (χ2n) is 5.34. The Hall–Kier alpha value is -2.54. The maximum Gasteiger partial charge on any atom is 0.126 e. The lowest BCUT2D eigenvalue weighted by Crippen LogP contribution is -2.24. The molecule has 1 N–H and O–H groups in total. The number of hydrogen-bond donors (Lipinski definition) is 1. The van der Waals surface area contributed by atoms with Gasteiger partial charge in [-0.2, -0.15) is 5.26 Å². The predicted octanol–water partition coefficient (Wildman–Crippen LogP) is 3.04. The highest BCUT2D eigenvalue weighted by atomic mass is 15.1. The molecule has 0 amide bonds. The van der Waals surface area contributed by atoms with Crippen molar-refractivity contribution in [1.29, 1.82) is 5.26 Å². The van der Waals surface area contributed by atoms with Gasteiger partial charge in [0.1, 0.15) is 5.82 Å². The largest absolute Gasteiger partial charge is 0.374 e. The molecular formula is C17H18N4. The van der Waals surface area contributed by atoms with Crippen LogP contribution in [-0.4, -0.2) is 25.6 Å². The maximum atomic E-state index is 9.49. The zero-order valence-corrected chi connectivity index (χ0v) is 12.3. The molecule has 4 heteroatoms. The number of rotatable bonds is 2. The van der Waals surface area contributed by atoms with Crippen molar-refractivity contribution in [3.05, 3.63) is 41.6 Å². The zero-order valence-electron chi connectivity index (χ0n) is 12.3. The number of aromatic nitrogens is 1. The van der Waals surface area contributed by atoms with E-state index in [1.807, 2.05) is 25.2 Å². The number of fused-ring (bicyclic) bond motifs is 1. The summed E-state index contributed by atoms with van der Waals surface area (Å²) in [5.74, 6) is 0.811. The number of benzene rings is 1. The van der Waals surface area contributed by atoms with E-state index >= 15 is 0 Å². The Kier molecular flexibility index (Phi) is 3.49. The average Bonchev–Trinajstić information content (AvgIpc) is 2.54. The number of nitrogens with one attached hydrogen (secondary N) is 1. The van der Waals surface area contributed by atoms with Gasteiger partial charge in [-0.05, 0) is 48.2 Å². The molecule has 0 radical (unpaired) electrons. The van der Waals surface area contributed by atoms with Gasteiger partial charge < -0.3 is 10.2 Å². The van der Waals surface area contributed by atoms with Crippen molar-refractivity contribution in [2.45, 2.75) is 12.8 Å². The summed E-state index contributed by atoms with van der Waals surface area (Å²) < 4.78 is 0. The van der Waals surface area contributed by atoms with Crippen molar-refractivity contribution in [2.75, 3.05) is 30.9 Å². The molecule has 1 aromatic carbocycles. The van der Waals surface area contributed by atoms with Crippen LogP contribution < -0.4 is 10.2 Å². The van der Waals surface area contributed by atoms with Gasteiger partial charge >= 0.3 is 0 Å². The molecule has 21 heavy (non-hydrogen) atoms. The Morgan fingerprint density at radius 3 is 2.95 bits per heavy atom. The number of pyridine rings is 1. The molecule has 2 aromatic rings. The first-order valence-electron chi connectivity index (χ1n) is 7.15. The number of hydrogen-bond acceptors (Lipinski definition) is 4. The summed E-state index contributed by atoms with van der Waals surface area (Å²) in [7, 11) is 3.93. The first-order chi connectivity index (χ1) is 10.2. The standard InChI is InChI=1S/C17H18N4/c1-19-17-10-12(5-6-20-17)15-8-13-4-3-7-21(2)16(13)9-14(15)11-18/h5-6,8-10H,3-4,7H2,1-2H3,(H,19,20). The second kappa shape index (κ2) is 5.45. The zero-order chi connectivity index (χ0) is 14.8. The van der Waals surface area contributed by atoms with Crippen LogP contribution in [0.25, 0.3) is 11.1 Å². The van der Waals surface area contributed by atoms with Gasteiger partial charge in [0.2, 0.25) is 0 Å². The second-order valence-corrected chi connectivity index (χ2v) is 5.34. The summed E-state index contributed by atoms with van der Waals surface area (Å²) in [6.45, 7) is 1.05. The van der Waals surface area contributed by atoms with Gasteiger partial charge in [0.25, 0.3) is 0 Å². The van der Waals surface area contributed by atoms with Gasteiger partial charge in [-0.1, -0.05) is 0 Å². The fourth-order valence-electron chi connectivity index (χ4n) is 2.88. The van der Waals surface area contributed by atoms with Crippen LogP contribution >= 0.6 is 0 Å².